The van der Waals surface area contributed by atoms with Crippen LogP contribution < -0.4 is 14.8 Å². The van der Waals surface area contributed by atoms with Gasteiger partial charge in [0.15, 0.2) is 0 Å². The molecule has 6 nitrogen and oxygen atoms in total. The fraction of sp³-hybridized carbons (Fsp3) is 0.316. The molecule has 0 bridgehead atoms. The second-order valence-corrected chi connectivity index (χ2v) is 7.54. The second-order valence-electron chi connectivity index (χ2n) is 5.77. The molecule has 1 amide bonds. The number of hydrogen-bond donors (Lipinski definition) is 2. The van der Waals surface area contributed by atoms with Gasteiger partial charge in [0.05, 0.1) is 12.0 Å². The number of carbonyl (C=O) groups excluding carboxylic acids is 1. The predicted molar refractivity (Wildman–Crippen MR) is 100 cm³/mol. The molecule has 7 heteroatoms. The molecule has 2 aromatic carbocycles. The van der Waals surface area contributed by atoms with Crippen molar-refractivity contribution in [1.82, 2.24) is 10.0 Å². The van der Waals surface area contributed by atoms with Crippen molar-refractivity contribution in [3.63, 3.8) is 0 Å². The average molecular weight is 376 g/mol. The smallest absolute Gasteiger partial charge is 0.240 e. The number of aryl methyl sites for hydroxylation is 1. The summed E-state index contributed by atoms with van der Waals surface area (Å²) >= 11 is 0. The van der Waals surface area contributed by atoms with Crippen LogP contribution in [0.25, 0.3) is 0 Å². The molecular formula is C19H24N2O4S. The van der Waals surface area contributed by atoms with Crippen molar-refractivity contribution in [2.24, 2.45) is 0 Å². The van der Waals surface area contributed by atoms with E-state index in [0.29, 0.717) is 25.9 Å². The lowest BCUT2D eigenvalue weighted by molar-refractivity contribution is -0.121. The van der Waals surface area contributed by atoms with Crippen LogP contribution in [0.1, 0.15) is 24.5 Å². The quantitative estimate of drug-likeness (QED) is 0.703. The fourth-order valence-electron chi connectivity index (χ4n) is 2.40. The summed E-state index contributed by atoms with van der Waals surface area (Å²) in [5.41, 5.74) is 1.91. The monoisotopic (exact) mass is 376 g/mol. The third-order valence-corrected chi connectivity index (χ3v) is 5.42. The number of amides is 1. The zero-order valence-electron chi connectivity index (χ0n) is 15.0. The van der Waals surface area contributed by atoms with Crippen molar-refractivity contribution in [3.8, 4) is 5.75 Å². The Hall–Kier alpha value is -2.38. The highest BCUT2D eigenvalue weighted by Gasteiger charge is 2.12. The van der Waals surface area contributed by atoms with Gasteiger partial charge < -0.3 is 10.1 Å². The van der Waals surface area contributed by atoms with Gasteiger partial charge >= 0.3 is 0 Å². The lowest BCUT2D eigenvalue weighted by Crippen LogP contribution is -2.23. The zero-order valence-corrected chi connectivity index (χ0v) is 15.8. The summed E-state index contributed by atoms with van der Waals surface area (Å²) in [5, 5.41) is 2.87. The Morgan fingerprint density at radius 3 is 2.19 bits per heavy atom. The van der Waals surface area contributed by atoms with Crippen molar-refractivity contribution in [2.75, 3.05) is 13.7 Å². The molecule has 0 saturated carbocycles. The highest BCUT2D eigenvalue weighted by Crippen LogP contribution is 2.13. The molecule has 0 aliphatic rings. The lowest BCUT2D eigenvalue weighted by Gasteiger charge is -2.08. The molecule has 0 aromatic heterocycles. The van der Waals surface area contributed by atoms with Crippen LogP contribution in [0.5, 0.6) is 5.75 Å². The maximum Gasteiger partial charge on any atom is 0.240 e. The van der Waals surface area contributed by atoms with E-state index >= 15 is 0 Å². The Balaban J connectivity index is 1.81. The molecule has 140 valence electrons. The first-order valence-corrected chi connectivity index (χ1v) is 9.91. The van der Waals surface area contributed by atoms with Crippen LogP contribution in [0.4, 0.5) is 0 Å². The maximum absolute atomic E-state index is 12.0. The van der Waals surface area contributed by atoms with Crippen molar-refractivity contribution < 1.29 is 17.9 Å². The van der Waals surface area contributed by atoms with Crippen molar-refractivity contribution in [3.05, 3.63) is 59.7 Å². The number of rotatable bonds is 9. The minimum atomic E-state index is -3.44. The van der Waals surface area contributed by atoms with Crippen LogP contribution in [-0.2, 0) is 27.8 Å². The van der Waals surface area contributed by atoms with Crippen LogP contribution in [0.3, 0.4) is 0 Å². The van der Waals surface area contributed by atoms with Crippen molar-refractivity contribution >= 4 is 15.9 Å². The minimum absolute atomic E-state index is 0.0508. The van der Waals surface area contributed by atoms with Gasteiger partial charge in [-0.1, -0.05) is 31.2 Å². The molecule has 2 rings (SSSR count). The van der Waals surface area contributed by atoms with E-state index in [0.717, 1.165) is 16.9 Å². The summed E-state index contributed by atoms with van der Waals surface area (Å²) in [7, 11) is -1.83. The molecule has 0 radical (unpaired) electrons. The molecule has 0 aliphatic carbocycles. The van der Waals surface area contributed by atoms with E-state index < -0.39 is 10.0 Å². The van der Waals surface area contributed by atoms with Gasteiger partial charge in [0, 0.05) is 19.5 Å². The van der Waals surface area contributed by atoms with Crippen LogP contribution in [0, 0.1) is 0 Å². The number of nitrogens with one attached hydrogen (secondary N) is 2. The molecule has 2 N–H and O–H groups in total. The minimum Gasteiger partial charge on any atom is -0.497 e. The van der Waals surface area contributed by atoms with Gasteiger partial charge in [-0.05, 0) is 41.8 Å². The van der Waals surface area contributed by atoms with Gasteiger partial charge in [-0.15, -0.1) is 0 Å². The molecule has 0 unspecified atom stereocenters. The molecule has 0 aliphatic heterocycles. The van der Waals surface area contributed by atoms with E-state index in [1.807, 2.05) is 24.3 Å². The van der Waals surface area contributed by atoms with Gasteiger partial charge in [-0.3, -0.25) is 4.79 Å². The molecule has 0 spiro atoms. The highest BCUT2D eigenvalue weighted by atomic mass is 32.2. The number of carbonyl (C=O) groups is 1. The van der Waals surface area contributed by atoms with E-state index in [-0.39, 0.29) is 10.8 Å². The van der Waals surface area contributed by atoms with Gasteiger partial charge in [-0.25, -0.2) is 13.1 Å². The highest BCUT2D eigenvalue weighted by molar-refractivity contribution is 7.89. The molecule has 2 aromatic rings. The van der Waals surface area contributed by atoms with E-state index in [4.69, 9.17) is 4.74 Å². The Morgan fingerprint density at radius 2 is 1.62 bits per heavy atom. The number of ether oxygens (including phenoxy) is 1. The Labute approximate surface area is 154 Å². The summed E-state index contributed by atoms with van der Waals surface area (Å²) in [6.45, 7) is 2.54. The summed E-state index contributed by atoms with van der Waals surface area (Å²) < 4.78 is 31.3. The molecule has 26 heavy (non-hydrogen) atoms. The third-order valence-electron chi connectivity index (χ3n) is 3.86. The first-order valence-electron chi connectivity index (χ1n) is 8.43. The van der Waals surface area contributed by atoms with E-state index in [1.54, 1.807) is 38.3 Å². The number of benzene rings is 2. The lowest BCUT2D eigenvalue weighted by atomic mass is 10.1. The molecule has 0 heterocycles. The van der Waals surface area contributed by atoms with Crippen LogP contribution >= 0.6 is 0 Å². The van der Waals surface area contributed by atoms with Gasteiger partial charge in [0.25, 0.3) is 0 Å². The van der Waals surface area contributed by atoms with Gasteiger partial charge in [-0.2, -0.15) is 0 Å². The molecular weight excluding hydrogens is 352 g/mol. The molecule has 0 saturated heterocycles. The van der Waals surface area contributed by atoms with Crippen molar-refractivity contribution in [2.45, 2.75) is 31.2 Å². The van der Waals surface area contributed by atoms with E-state index in [2.05, 4.69) is 10.0 Å². The third kappa shape index (κ3) is 5.86. The number of methoxy groups -OCH3 is 1. The summed E-state index contributed by atoms with van der Waals surface area (Å²) in [4.78, 5) is 12.2. The standard InChI is InChI=1S/C19H24N2O4S/c1-3-21-26(23,24)18-11-6-15(7-12-18)8-13-19(22)20-14-16-4-9-17(25-2)10-5-16/h4-7,9-12,21H,3,8,13-14H2,1-2H3,(H,20,22). The predicted octanol–water partition coefficient (Wildman–Crippen LogP) is 2.24. The van der Waals surface area contributed by atoms with Crippen LogP contribution in [-0.4, -0.2) is 28.0 Å². The zero-order chi connectivity index (χ0) is 19.0. The largest absolute Gasteiger partial charge is 0.497 e. The SMILES string of the molecule is CCNS(=O)(=O)c1ccc(CCC(=O)NCc2ccc(OC)cc2)cc1. The normalized spacial score (nSPS) is 11.2. The first kappa shape index (κ1) is 19.9. The van der Waals surface area contributed by atoms with Gasteiger partial charge in [0.1, 0.15) is 5.75 Å². The fourth-order valence-corrected chi connectivity index (χ4v) is 3.44. The Morgan fingerprint density at radius 1 is 1.00 bits per heavy atom. The topological polar surface area (TPSA) is 84.5 Å². The maximum atomic E-state index is 12.0. The molecule has 0 fully saturated rings. The summed E-state index contributed by atoms with van der Waals surface area (Å²) in [5.74, 6) is 0.727. The summed E-state index contributed by atoms with van der Waals surface area (Å²) in [6.07, 6.45) is 0.894. The van der Waals surface area contributed by atoms with Crippen molar-refractivity contribution in [1.29, 1.82) is 0 Å². The van der Waals surface area contributed by atoms with Crippen LogP contribution in [0.15, 0.2) is 53.4 Å². The van der Waals surface area contributed by atoms with Gasteiger partial charge in [0.2, 0.25) is 15.9 Å². The Kier molecular flexibility index (Phi) is 7.17. The van der Waals surface area contributed by atoms with E-state index in [9.17, 15) is 13.2 Å². The number of hydrogen-bond acceptors (Lipinski definition) is 4. The molecule has 0 atom stereocenters. The number of sulfonamides is 1. The van der Waals surface area contributed by atoms with E-state index in [1.165, 1.54) is 0 Å². The summed E-state index contributed by atoms with van der Waals surface area (Å²) in [6, 6.07) is 14.1. The second kappa shape index (κ2) is 9.35. The van der Waals surface area contributed by atoms with Crippen LogP contribution in [0.2, 0.25) is 0 Å². The Bertz CT molecular complexity index is 816. The average Bonchev–Trinajstić information content (AvgIpc) is 2.65. The first-order chi connectivity index (χ1) is 12.4.